The monoisotopic (exact) mass is 1460 g/mol. The molecule has 0 bridgehead atoms. The van der Waals surface area contributed by atoms with Gasteiger partial charge in [-0.25, -0.2) is 24.9 Å². The van der Waals surface area contributed by atoms with Crippen molar-refractivity contribution in [3.05, 3.63) is 190 Å². The van der Waals surface area contributed by atoms with Crippen LogP contribution < -0.4 is 0 Å². The number of carbonyl (C=O) groups is 2. The minimum atomic E-state index is -0.164. The number of hydrogen-bond acceptors (Lipinski definition) is 18. The van der Waals surface area contributed by atoms with E-state index in [0.717, 1.165) is 58.5 Å². The molecular formula is C87H104N12O5S2. The Kier molecular flexibility index (Phi) is 32.2. The van der Waals surface area contributed by atoms with Crippen molar-refractivity contribution >= 4 is 105 Å². The van der Waals surface area contributed by atoms with Gasteiger partial charge in [0.2, 0.25) is 11.8 Å². The lowest BCUT2D eigenvalue weighted by molar-refractivity contribution is -0.122. The predicted molar refractivity (Wildman–Crippen MR) is 435 cm³/mol. The Labute approximate surface area is 637 Å². The number of aromatic nitrogens is 4. The summed E-state index contributed by atoms with van der Waals surface area (Å²) in [5.41, 5.74) is 10.6. The van der Waals surface area contributed by atoms with E-state index in [1.807, 2.05) is 224 Å². The average Bonchev–Trinajstić information content (AvgIpc) is 1.69. The fourth-order valence-corrected chi connectivity index (χ4v) is 11.0. The molecule has 0 spiro atoms. The first-order chi connectivity index (χ1) is 48.8. The Bertz CT molecular complexity index is 4700. The fourth-order valence-electron chi connectivity index (χ4n) is 9.05. The lowest BCUT2D eigenvalue weighted by Gasteiger charge is -2.13. The van der Waals surface area contributed by atoms with Crippen LogP contribution in [0.5, 0.6) is 0 Å². The number of nitrogens with zero attached hydrogens (tertiary/aromatic N) is 12. The minimum absolute atomic E-state index is 0.0000463. The van der Waals surface area contributed by atoms with Gasteiger partial charge >= 0.3 is 0 Å². The van der Waals surface area contributed by atoms with E-state index in [1.54, 1.807) is 40.7 Å². The number of likely N-dealkylation sites (N-methyl/N-ethyl adjacent to an activating group) is 1. The number of methoxy groups -OCH3 is 1. The first-order valence-corrected chi connectivity index (χ1v) is 36.0. The number of aliphatic imine (C=N–C) groups is 1. The number of rotatable bonds is 7. The molecular weight excluding hydrogens is 1360 g/mol. The smallest absolute Gasteiger partial charge is 0.277 e. The van der Waals surface area contributed by atoms with Gasteiger partial charge in [0.05, 0.1) is 49.8 Å². The molecule has 0 aliphatic carbocycles. The van der Waals surface area contributed by atoms with Crippen LogP contribution in [0.4, 0.5) is 0 Å². The second-order valence-electron chi connectivity index (χ2n) is 32.8. The zero-order valence-electron chi connectivity index (χ0n) is 67.1. The van der Waals surface area contributed by atoms with Gasteiger partial charge in [0.15, 0.2) is 16.9 Å². The highest BCUT2D eigenvalue weighted by atomic mass is 32.1. The molecule has 0 atom stereocenters. The Morgan fingerprint density at radius 1 is 0.472 bits per heavy atom. The molecule has 4 aromatic carbocycles. The standard InChI is InChI=1S/C15H16N2O.C15H16N2S.C14H14N2O.C14H14N2S.C10H16N2O.C10H15NO.C9H13NO/c2*1-10-5-6-12-13(7-10)18-14(17-12)11(9-16)8-15(2,3)4;2*1-14(2,3)8-10(9-15)13-16-11-6-4-5-7-12(11)17-13;1-7-11-8(6-10(2,3)4)9(13)12(7)5;1-8(12-5)9(7-11)6-10(2,3)4;1-7(11)8(6-10)5-9(2,3)4/h2*5-8H,1-4H3;2*4-8H,1-3H3;6H,1-5H3;6H,1H2,2-5H3;5H,1-4H3/b2*11-8+;2*10-8+;8-6-;9-6+;8-5+. The third-order valence-electron chi connectivity index (χ3n) is 13.6. The summed E-state index contributed by atoms with van der Waals surface area (Å²) in [5.74, 6) is 1.81. The number of allylic oxidation sites excluding steroid dienone is 13. The van der Waals surface area contributed by atoms with Crippen molar-refractivity contribution in [3.8, 4) is 36.4 Å². The van der Waals surface area contributed by atoms with Gasteiger partial charge in [-0.1, -0.05) is 225 Å². The highest BCUT2D eigenvalue weighted by Gasteiger charge is 2.26. The van der Waals surface area contributed by atoms with Gasteiger partial charge in [0.25, 0.3) is 5.91 Å². The summed E-state index contributed by atoms with van der Waals surface area (Å²) in [5, 5.41) is 55.7. The second kappa shape index (κ2) is 38.2. The van der Waals surface area contributed by atoms with E-state index in [9.17, 15) is 25.4 Å². The van der Waals surface area contributed by atoms with Crippen LogP contribution >= 0.6 is 22.7 Å². The summed E-state index contributed by atoms with van der Waals surface area (Å²) in [7, 11) is 3.25. The van der Waals surface area contributed by atoms with Gasteiger partial charge in [-0.3, -0.25) is 14.5 Å². The van der Waals surface area contributed by atoms with Crippen LogP contribution in [0.25, 0.3) is 64.9 Å². The number of amides is 1. The van der Waals surface area contributed by atoms with Gasteiger partial charge in [0.1, 0.15) is 85.9 Å². The number of hydrogen-bond donors (Lipinski definition) is 0. The molecule has 554 valence electrons. The van der Waals surface area contributed by atoms with Crippen LogP contribution in [-0.4, -0.2) is 56.5 Å². The van der Waals surface area contributed by atoms with Crippen LogP contribution in [-0.2, 0) is 14.3 Å². The summed E-state index contributed by atoms with van der Waals surface area (Å²) in [6, 6.07) is 40.2. The van der Waals surface area contributed by atoms with Gasteiger partial charge in [-0.15, -0.1) is 22.7 Å². The topological polar surface area (TPSA) is 280 Å². The summed E-state index contributed by atoms with van der Waals surface area (Å²) in [6.07, 6.45) is 13.2. The molecule has 0 radical (unpaired) electrons. The highest BCUT2D eigenvalue weighted by Crippen LogP contribution is 2.34. The average molecular weight is 1460 g/mol. The SMILES string of the molecule is C=C(OC)/C(C#N)=C/C(C)(C)C.CC(=O)/C(C#N)=C/C(C)(C)C.CC(C)(C)/C=C(\C#N)c1nc2ccccc2o1.CC(C)(C)/C=C(\C#N)c1nc2ccccc2s1.CC1=N/C(=C\C(C)(C)C)C(=O)N1C.Cc1ccc2nc(/C(C#N)=C/C(C)(C)C)oc2c1.Cc1ccc2nc(/C(C#N)=C/C(C)(C)C)sc2c1. The molecule has 19 heteroatoms. The number of ether oxygens (including phenoxy) is 1. The Balaban J connectivity index is 0.000000324. The number of carbonyl (C=O) groups excluding carboxylic acids is 2. The van der Waals surface area contributed by atoms with Crippen LogP contribution in [0.3, 0.4) is 0 Å². The number of fused-ring (bicyclic) bond motifs is 4. The maximum absolute atomic E-state index is 11.5. The quantitative estimate of drug-likeness (QED) is 0.0620. The minimum Gasteiger partial charge on any atom is -0.496 e. The molecule has 0 saturated heterocycles. The Hall–Kier alpha value is -10.9. The number of ketones is 1. The first kappa shape index (κ1) is 89.3. The van der Waals surface area contributed by atoms with E-state index in [0.29, 0.717) is 56.7 Å². The summed E-state index contributed by atoms with van der Waals surface area (Å²) < 4.78 is 18.3. The molecule has 1 amide bonds. The lowest BCUT2D eigenvalue weighted by atomic mass is 9.93. The van der Waals surface area contributed by atoms with E-state index < -0.39 is 0 Å². The number of Topliss-reactive ketones (excluding diaryl/α,β-unsaturated/α-hetero) is 1. The molecule has 0 N–H and O–H groups in total. The van der Waals surface area contributed by atoms with Crippen molar-refractivity contribution in [1.82, 2.24) is 24.8 Å². The van der Waals surface area contributed by atoms with E-state index >= 15 is 0 Å². The number of benzene rings is 4. The molecule has 17 nitrogen and oxygen atoms in total. The Morgan fingerprint density at radius 3 is 1.23 bits per heavy atom. The van der Waals surface area contributed by atoms with Crippen molar-refractivity contribution in [2.24, 2.45) is 42.9 Å². The van der Waals surface area contributed by atoms with E-state index in [4.69, 9.17) is 29.4 Å². The van der Waals surface area contributed by atoms with E-state index in [1.165, 1.54) is 19.6 Å². The number of amidine groups is 1. The number of nitriles is 6. The molecule has 106 heavy (non-hydrogen) atoms. The van der Waals surface area contributed by atoms with Gasteiger partial charge < -0.3 is 13.6 Å². The maximum Gasteiger partial charge on any atom is 0.277 e. The largest absolute Gasteiger partial charge is 0.496 e. The van der Waals surface area contributed by atoms with Crippen molar-refractivity contribution in [3.63, 3.8) is 0 Å². The summed E-state index contributed by atoms with van der Waals surface area (Å²) in [6.45, 7) is 53.7. The lowest BCUT2D eigenvalue weighted by Crippen LogP contribution is -2.25. The third kappa shape index (κ3) is 31.6. The Morgan fingerprint density at radius 2 is 0.849 bits per heavy atom. The molecule has 0 unspecified atom stereocenters. The van der Waals surface area contributed by atoms with Crippen molar-refractivity contribution in [2.45, 2.75) is 173 Å². The third-order valence-corrected chi connectivity index (χ3v) is 15.7. The molecule has 4 aromatic heterocycles. The van der Waals surface area contributed by atoms with Crippen molar-refractivity contribution < 1.29 is 23.2 Å². The molecule has 0 saturated carbocycles. The molecule has 1 aliphatic heterocycles. The van der Waals surface area contributed by atoms with Crippen LogP contribution in [0.1, 0.15) is 192 Å². The number of aryl methyl sites for hydroxylation is 2. The maximum atomic E-state index is 11.5. The highest BCUT2D eigenvalue weighted by molar-refractivity contribution is 7.20. The van der Waals surface area contributed by atoms with Gasteiger partial charge in [-0.2, -0.15) is 31.6 Å². The van der Waals surface area contributed by atoms with Crippen LogP contribution in [0, 0.1) is 120 Å². The molecule has 0 fully saturated rings. The zero-order chi connectivity index (χ0) is 80.7. The van der Waals surface area contributed by atoms with Crippen LogP contribution in [0.15, 0.2) is 170 Å². The molecule has 9 rings (SSSR count). The van der Waals surface area contributed by atoms with Gasteiger partial charge in [-0.05, 0) is 131 Å². The predicted octanol–water partition coefficient (Wildman–Crippen LogP) is 23.2. The molecule has 5 heterocycles. The summed E-state index contributed by atoms with van der Waals surface area (Å²) >= 11 is 3.15. The molecule has 8 aromatic rings. The van der Waals surface area contributed by atoms with Crippen molar-refractivity contribution in [1.29, 1.82) is 31.6 Å². The number of para-hydroxylation sites is 3. The number of oxazole rings is 2. The van der Waals surface area contributed by atoms with Gasteiger partial charge in [0, 0.05) is 7.05 Å². The molecule has 1 aliphatic rings. The first-order valence-electron chi connectivity index (χ1n) is 34.4. The van der Waals surface area contributed by atoms with Crippen molar-refractivity contribution in [2.75, 3.05) is 14.2 Å². The van der Waals surface area contributed by atoms with Crippen LogP contribution in [0.2, 0.25) is 0 Å². The zero-order valence-corrected chi connectivity index (χ0v) is 68.7. The number of thiazole rings is 2. The normalized spacial score (nSPS) is 13.7. The van der Waals surface area contributed by atoms with E-state index in [2.05, 4.69) is 131 Å². The van der Waals surface area contributed by atoms with E-state index in [-0.39, 0.29) is 55.2 Å². The second-order valence-corrected chi connectivity index (χ2v) is 34.8. The summed E-state index contributed by atoms with van der Waals surface area (Å²) in [4.78, 5) is 45.8. The fraction of sp³-hybridized carbons (Fsp3) is 0.391.